The van der Waals surface area contributed by atoms with Crippen molar-refractivity contribution in [2.75, 3.05) is 45.2 Å². The molecule has 0 saturated carbocycles. The predicted octanol–water partition coefficient (Wildman–Crippen LogP) is 1.81. The maximum Gasteiger partial charge on any atom is 0.131 e. The van der Waals surface area contributed by atoms with E-state index in [-0.39, 0.29) is 0 Å². The van der Waals surface area contributed by atoms with Gasteiger partial charge in [0.2, 0.25) is 0 Å². The Bertz CT molecular complexity index is 629. The Morgan fingerprint density at radius 3 is 2.83 bits per heavy atom. The Morgan fingerprint density at radius 1 is 1.21 bits per heavy atom. The second kappa shape index (κ2) is 8.22. The van der Waals surface area contributed by atoms with E-state index in [2.05, 4.69) is 56.6 Å². The molecule has 1 atom stereocenters. The van der Waals surface area contributed by atoms with Crippen LogP contribution >= 0.6 is 0 Å². The predicted molar refractivity (Wildman–Crippen MR) is 98.1 cm³/mol. The summed E-state index contributed by atoms with van der Waals surface area (Å²) in [5, 5.41) is 3.58. The SMILES string of the molecule is CN(C)c1cc(C[C@@H]2CNCCN(Cc3ccccc3)C2)ncn1. The second-order valence-corrected chi connectivity index (χ2v) is 6.76. The summed E-state index contributed by atoms with van der Waals surface area (Å²) in [6.07, 6.45) is 2.66. The molecule has 1 aliphatic heterocycles. The summed E-state index contributed by atoms with van der Waals surface area (Å²) >= 11 is 0. The Kier molecular flexibility index (Phi) is 5.77. The summed E-state index contributed by atoms with van der Waals surface area (Å²) in [6.45, 7) is 5.32. The smallest absolute Gasteiger partial charge is 0.131 e. The molecule has 0 spiro atoms. The summed E-state index contributed by atoms with van der Waals surface area (Å²) in [4.78, 5) is 13.4. The van der Waals surface area contributed by atoms with Gasteiger partial charge in [0.1, 0.15) is 12.1 Å². The lowest BCUT2D eigenvalue weighted by Gasteiger charge is -2.24. The Hall–Kier alpha value is -1.98. The molecule has 0 radical (unpaired) electrons. The summed E-state index contributed by atoms with van der Waals surface area (Å²) in [6, 6.07) is 12.8. The monoisotopic (exact) mass is 325 g/mol. The van der Waals surface area contributed by atoms with Crippen LogP contribution in [0.25, 0.3) is 0 Å². The van der Waals surface area contributed by atoms with Crippen LogP contribution in [-0.4, -0.2) is 55.1 Å². The number of benzene rings is 1. The van der Waals surface area contributed by atoms with E-state index in [1.165, 1.54) is 5.56 Å². The molecule has 1 fully saturated rings. The molecule has 1 saturated heterocycles. The Labute approximate surface area is 144 Å². The first kappa shape index (κ1) is 16.9. The number of aromatic nitrogens is 2. The van der Waals surface area contributed by atoms with Crippen molar-refractivity contribution in [1.29, 1.82) is 0 Å². The zero-order valence-corrected chi connectivity index (χ0v) is 14.7. The molecule has 0 aliphatic carbocycles. The van der Waals surface area contributed by atoms with Crippen LogP contribution in [0.5, 0.6) is 0 Å². The van der Waals surface area contributed by atoms with Crippen molar-refractivity contribution in [2.45, 2.75) is 13.0 Å². The molecule has 128 valence electrons. The molecular formula is C19H27N5. The van der Waals surface area contributed by atoms with E-state index < -0.39 is 0 Å². The molecule has 0 amide bonds. The van der Waals surface area contributed by atoms with E-state index in [9.17, 15) is 0 Å². The quantitative estimate of drug-likeness (QED) is 0.908. The van der Waals surface area contributed by atoms with Crippen LogP contribution in [0.15, 0.2) is 42.7 Å². The van der Waals surface area contributed by atoms with Gasteiger partial charge in [-0.1, -0.05) is 30.3 Å². The van der Waals surface area contributed by atoms with Crippen molar-refractivity contribution >= 4 is 5.82 Å². The first-order valence-corrected chi connectivity index (χ1v) is 8.66. The van der Waals surface area contributed by atoms with Gasteiger partial charge in [-0.3, -0.25) is 4.90 Å². The van der Waals surface area contributed by atoms with Crippen molar-refractivity contribution in [3.8, 4) is 0 Å². The normalized spacial score (nSPS) is 19.0. The number of anilines is 1. The highest BCUT2D eigenvalue weighted by Gasteiger charge is 2.19. The lowest BCUT2D eigenvalue weighted by atomic mass is 10.0. The summed E-state index contributed by atoms with van der Waals surface area (Å²) < 4.78 is 0. The highest BCUT2D eigenvalue weighted by atomic mass is 15.2. The van der Waals surface area contributed by atoms with Crippen LogP contribution in [0.2, 0.25) is 0 Å². The number of hydrogen-bond acceptors (Lipinski definition) is 5. The van der Waals surface area contributed by atoms with Crippen LogP contribution in [0.1, 0.15) is 11.3 Å². The van der Waals surface area contributed by atoms with E-state index in [0.29, 0.717) is 5.92 Å². The highest BCUT2D eigenvalue weighted by molar-refractivity contribution is 5.36. The standard InChI is InChI=1S/C19H27N5/c1-23(2)19-11-18(21-15-22-19)10-17-12-20-8-9-24(14-17)13-16-6-4-3-5-7-16/h3-7,11,15,17,20H,8-10,12-14H2,1-2H3/t17-/m1/s1. The summed E-state index contributed by atoms with van der Waals surface area (Å²) in [5.41, 5.74) is 2.51. The molecule has 3 rings (SSSR count). The first-order valence-electron chi connectivity index (χ1n) is 8.66. The van der Waals surface area contributed by atoms with Crippen molar-refractivity contribution in [2.24, 2.45) is 5.92 Å². The second-order valence-electron chi connectivity index (χ2n) is 6.76. The third-order valence-electron chi connectivity index (χ3n) is 4.47. The van der Waals surface area contributed by atoms with Crippen LogP contribution in [0, 0.1) is 5.92 Å². The van der Waals surface area contributed by atoms with Gasteiger partial charge in [0.15, 0.2) is 0 Å². The molecule has 5 nitrogen and oxygen atoms in total. The highest BCUT2D eigenvalue weighted by Crippen LogP contribution is 2.15. The van der Waals surface area contributed by atoms with E-state index in [1.807, 2.05) is 19.0 Å². The van der Waals surface area contributed by atoms with Crippen LogP contribution in [-0.2, 0) is 13.0 Å². The molecule has 2 aromatic rings. The minimum absolute atomic E-state index is 0.570. The zero-order valence-electron chi connectivity index (χ0n) is 14.7. The minimum atomic E-state index is 0.570. The molecule has 1 N–H and O–H groups in total. The molecule has 0 unspecified atom stereocenters. The fraction of sp³-hybridized carbons (Fsp3) is 0.474. The molecule has 1 aromatic heterocycles. The Balaban J connectivity index is 1.63. The molecule has 24 heavy (non-hydrogen) atoms. The molecular weight excluding hydrogens is 298 g/mol. The fourth-order valence-electron chi connectivity index (χ4n) is 3.22. The third-order valence-corrected chi connectivity index (χ3v) is 4.47. The van der Waals surface area contributed by atoms with Gasteiger partial charge >= 0.3 is 0 Å². The summed E-state index contributed by atoms with van der Waals surface area (Å²) in [7, 11) is 4.03. The lowest BCUT2D eigenvalue weighted by molar-refractivity contribution is 0.248. The minimum Gasteiger partial charge on any atom is -0.363 e. The van der Waals surface area contributed by atoms with E-state index in [4.69, 9.17) is 0 Å². The largest absolute Gasteiger partial charge is 0.363 e. The van der Waals surface area contributed by atoms with Crippen molar-refractivity contribution in [3.63, 3.8) is 0 Å². The van der Waals surface area contributed by atoms with Crippen molar-refractivity contribution in [1.82, 2.24) is 20.2 Å². The molecule has 2 heterocycles. The molecule has 1 aliphatic rings. The van der Waals surface area contributed by atoms with Crippen molar-refractivity contribution in [3.05, 3.63) is 54.0 Å². The molecule has 5 heteroatoms. The number of nitrogens with zero attached hydrogens (tertiary/aromatic N) is 4. The van der Waals surface area contributed by atoms with Crippen LogP contribution in [0.3, 0.4) is 0 Å². The van der Waals surface area contributed by atoms with Gasteiger partial charge in [0.25, 0.3) is 0 Å². The average molecular weight is 325 g/mol. The maximum absolute atomic E-state index is 4.47. The maximum atomic E-state index is 4.47. The van der Waals surface area contributed by atoms with Gasteiger partial charge in [0.05, 0.1) is 0 Å². The average Bonchev–Trinajstić information content (AvgIpc) is 2.81. The van der Waals surface area contributed by atoms with Crippen LogP contribution in [0.4, 0.5) is 5.82 Å². The van der Waals surface area contributed by atoms with E-state index in [1.54, 1.807) is 6.33 Å². The van der Waals surface area contributed by atoms with Gasteiger partial charge in [0, 0.05) is 52.0 Å². The number of nitrogens with one attached hydrogen (secondary N) is 1. The van der Waals surface area contributed by atoms with Crippen molar-refractivity contribution < 1.29 is 0 Å². The molecule has 0 bridgehead atoms. The fourth-order valence-corrected chi connectivity index (χ4v) is 3.22. The lowest BCUT2D eigenvalue weighted by Crippen LogP contribution is -2.30. The summed E-state index contributed by atoms with van der Waals surface area (Å²) in [5.74, 6) is 1.55. The molecule has 1 aromatic carbocycles. The van der Waals surface area contributed by atoms with Gasteiger partial charge in [-0.25, -0.2) is 9.97 Å². The van der Waals surface area contributed by atoms with E-state index in [0.717, 1.165) is 50.7 Å². The van der Waals surface area contributed by atoms with Gasteiger partial charge in [-0.15, -0.1) is 0 Å². The van der Waals surface area contributed by atoms with E-state index >= 15 is 0 Å². The first-order chi connectivity index (χ1) is 11.7. The zero-order chi connectivity index (χ0) is 16.8. The van der Waals surface area contributed by atoms with Gasteiger partial charge in [-0.2, -0.15) is 0 Å². The Morgan fingerprint density at radius 2 is 2.04 bits per heavy atom. The van der Waals surface area contributed by atoms with Gasteiger partial charge < -0.3 is 10.2 Å². The number of hydrogen-bond donors (Lipinski definition) is 1. The number of rotatable bonds is 5. The topological polar surface area (TPSA) is 44.3 Å². The third kappa shape index (κ3) is 4.76. The van der Waals surface area contributed by atoms with Gasteiger partial charge in [-0.05, 0) is 24.4 Å². The van der Waals surface area contributed by atoms with Crippen LogP contribution < -0.4 is 10.2 Å².